The van der Waals surface area contributed by atoms with Gasteiger partial charge >= 0.3 is 12.0 Å². The third-order valence-electron chi connectivity index (χ3n) is 3.31. The fourth-order valence-corrected chi connectivity index (χ4v) is 2.29. The Hall–Kier alpha value is -1.26. The van der Waals surface area contributed by atoms with E-state index >= 15 is 0 Å². The second kappa shape index (κ2) is 6.61. The molecule has 0 aromatic heterocycles. The molecule has 0 spiro atoms. The summed E-state index contributed by atoms with van der Waals surface area (Å²) in [4.78, 5) is 23.7. The number of ether oxygens (including phenoxy) is 1. The minimum absolute atomic E-state index is 0.281. The van der Waals surface area contributed by atoms with E-state index in [-0.39, 0.29) is 12.0 Å². The first-order valence-corrected chi connectivity index (χ1v) is 6.64. The van der Waals surface area contributed by atoms with Crippen molar-refractivity contribution in [2.75, 3.05) is 13.7 Å². The maximum atomic E-state index is 11.9. The van der Waals surface area contributed by atoms with Crippen LogP contribution in [0.25, 0.3) is 0 Å². The minimum Gasteiger partial charge on any atom is -0.467 e. The van der Waals surface area contributed by atoms with Crippen molar-refractivity contribution in [1.82, 2.24) is 10.6 Å². The van der Waals surface area contributed by atoms with Crippen LogP contribution >= 0.6 is 0 Å². The molecule has 0 heterocycles. The average molecular weight is 256 g/mol. The van der Waals surface area contributed by atoms with Gasteiger partial charge in [-0.2, -0.15) is 0 Å². The zero-order chi connectivity index (χ0) is 13.6. The molecular formula is C13H24N2O3. The zero-order valence-electron chi connectivity index (χ0n) is 11.5. The number of hydrogen-bond acceptors (Lipinski definition) is 3. The topological polar surface area (TPSA) is 67.4 Å². The molecule has 0 atom stereocenters. The molecule has 5 heteroatoms. The molecule has 1 saturated carbocycles. The third-order valence-corrected chi connectivity index (χ3v) is 3.31. The van der Waals surface area contributed by atoms with Gasteiger partial charge in [0.2, 0.25) is 0 Å². The lowest BCUT2D eigenvalue weighted by Gasteiger charge is -2.35. The van der Waals surface area contributed by atoms with Gasteiger partial charge in [-0.3, -0.25) is 0 Å². The lowest BCUT2D eigenvalue weighted by atomic mass is 9.82. The first-order chi connectivity index (χ1) is 8.50. The summed E-state index contributed by atoms with van der Waals surface area (Å²) in [5.74, 6) is 0.0538. The molecule has 104 valence electrons. The number of rotatable bonds is 4. The van der Waals surface area contributed by atoms with Crippen LogP contribution in [0, 0.1) is 5.92 Å². The van der Waals surface area contributed by atoms with E-state index in [1.54, 1.807) is 0 Å². The van der Waals surface area contributed by atoms with E-state index in [2.05, 4.69) is 10.6 Å². The van der Waals surface area contributed by atoms with Crippen LogP contribution in [0.3, 0.4) is 0 Å². The van der Waals surface area contributed by atoms with Crippen molar-refractivity contribution >= 4 is 12.0 Å². The normalized spacial score (nSPS) is 18.2. The number of carbonyl (C=O) groups is 2. The monoisotopic (exact) mass is 256 g/mol. The summed E-state index contributed by atoms with van der Waals surface area (Å²) in [6, 6.07) is -0.281. The maximum Gasteiger partial charge on any atom is 0.331 e. The molecular weight excluding hydrogens is 232 g/mol. The summed E-state index contributed by atoms with van der Waals surface area (Å²) in [7, 11) is 1.37. The van der Waals surface area contributed by atoms with Crippen molar-refractivity contribution in [3.05, 3.63) is 0 Å². The molecule has 0 aromatic carbocycles. The van der Waals surface area contributed by atoms with Crippen molar-refractivity contribution in [2.24, 2.45) is 5.92 Å². The van der Waals surface area contributed by atoms with Crippen LogP contribution in [0.5, 0.6) is 0 Å². The van der Waals surface area contributed by atoms with Crippen molar-refractivity contribution in [3.63, 3.8) is 0 Å². The summed E-state index contributed by atoms with van der Waals surface area (Å²) in [5.41, 5.74) is -0.825. The van der Waals surface area contributed by atoms with E-state index < -0.39 is 5.54 Å². The molecule has 2 N–H and O–H groups in total. The Balaban J connectivity index is 2.61. The van der Waals surface area contributed by atoms with Gasteiger partial charge in [-0.25, -0.2) is 9.59 Å². The second-order valence-electron chi connectivity index (χ2n) is 5.36. The van der Waals surface area contributed by atoms with Gasteiger partial charge in [0.25, 0.3) is 0 Å². The molecule has 0 unspecified atom stereocenters. The Labute approximate surface area is 109 Å². The molecule has 1 aliphatic rings. The Morgan fingerprint density at radius 1 is 1.22 bits per heavy atom. The Bertz CT molecular complexity index is 297. The highest BCUT2D eigenvalue weighted by Crippen LogP contribution is 2.29. The van der Waals surface area contributed by atoms with Crippen LogP contribution in [0.15, 0.2) is 0 Å². The van der Waals surface area contributed by atoms with Gasteiger partial charge in [0.05, 0.1) is 7.11 Å². The molecule has 18 heavy (non-hydrogen) atoms. The molecule has 0 saturated heterocycles. The summed E-state index contributed by atoms with van der Waals surface area (Å²) < 4.78 is 4.84. The van der Waals surface area contributed by atoms with Crippen molar-refractivity contribution in [1.29, 1.82) is 0 Å². The largest absolute Gasteiger partial charge is 0.467 e. The molecule has 5 nitrogen and oxygen atoms in total. The van der Waals surface area contributed by atoms with Crippen LogP contribution in [-0.4, -0.2) is 31.2 Å². The van der Waals surface area contributed by atoms with E-state index in [4.69, 9.17) is 4.74 Å². The number of urea groups is 1. The Kier molecular flexibility index (Phi) is 5.44. The van der Waals surface area contributed by atoms with Crippen LogP contribution in [0.4, 0.5) is 4.79 Å². The van der Waals surface area contributed by atoms with E-state index in [0.29, 0.717) is 25.3 Å². The highest BCUT2D eigenvalue weighted by Gasteiger charge is 2.41. The Morgan fingerprint density at radius 2 is 1.83 bits per heavy atom. The number of esters is 1. The average Bonchev–Trinajstić information content (AvgIpc) is 2.36. The molecule has 1 rings (SSSR count). The minimum atomic E-state index is -0.825. The van der Waals surface area contributed by atoms with Gasteiger partial charge in [-0.15, -0.1) is 0 Å². The van der Waals surface area contributed by atoms with Crippen molar-refractivity contribution in [3.8, 4) is 0 Å². The predicted molar refractivity (Wildman–Crippen MR) is 69.2 cm³/mol. The van der Waals surface area contributed by atoms with Gasteiger partial charge in [-0.1, -0.05) is 33.1 Å². The Morgan fingerprint density at radius 3 is 2.33 bits per heavy atom. The van der Waals surface area contributed by atoms with Gasteiger partial charge in [0.15, 0.2) is 0 Å². The lowest BCUT2D eigenvalue weighted by Crippen LogP contribution is -2.58. The molecule has 1 aliphatic carbocycles. The fraction of sp³-hybridized carbons (Fsp3) is 0.846. The van der Waals surface area contributed by atoms with E-state index in [1.807, 2.05) is 13.8 Å². The lowest BCUT2D eigenvalue weighted by molar-refractivity contribution is -0.149. The van der Waals surface area contributed by atoms with Gasteiger partial charge in [0, 0.05) is 6.54 Å². The molecule has 0 radical (unpaired) electrons. The van der Waals surface area contributed by atoms with Crippen molar-refractivity contribution < 1.29 is 14.3 Å². The maximum absolute atomic E-state index is 11.9. The quantitative estimate of drug-likeness (QED) is 0.754. The number of hydrogen-bond donors (Lipinski definition) is 2. The highest BCUT2D eigenvalue weighted by molar-refractivity contribution is 5.87. The zero-order valence-corrected chi connectivity index (χ0v) is 11.5. The third kappa shape index (κ3) is 3.89. The predicted octanol–water partition coefficient (Wildman–Crippen LogP) is 1.82. The summed E-state index contributed by atoms with van der Waals surface area (Å²) in [5, 5.41) is 5.59. The first-order valence-electron chi connectivity index (χ1n) is 6.64. The van der Waals surface area contributed by atoms with E-state index in [1.165, 1.54) is 7.11 Å². The molecule has 0 aromatic rings. The van der Waals surface area contributed by atoms with E-state index in [0.717, 1.165) is 19.3 Å². The second-order valence-corrected chi connectivity index (χ2v) is 5.36. The summed E-state index contributed by atoms with van der Waals surface area (Å²) in [6.07, 6.45) is 4.32. The number of amides is 2. The summed E-state index contributed by atoms with van der Waals surface area (Å²) >= 11 is 0. The van der Waals surface area contributed by atoms with Crippen molar-refractivity contribution in [2.45, 2.75) is 51.5 Å². The van der Waals surface area contributed by atoms with Crippen LogP contribution in [-0.2, 0) is 9.53 Å². The number of nitrogens with one attached hydrogen (secondary N) is 2. The van der Waals surface area contributed by atoms with Crippen LogP contribution in [0.2, 0.25) is 0 Å². The number of carbonyl (C=O) groups excluding carboxylic acids is 2. The molecule has 0 aliphatic heterocycles. The van der Waals surface area contributed by atoms with Gasteiger partial charge in [-0.05, 0) is 18.8 Å². The molecule has 0 bridgehead atoms. The SMILES string of the molecule is COC(=O)C1(NC(=O)NCC(C)C)CCCCC1. The standard InChI is InChI=1S/C13H24N2O3/c1-10(2)9-14-12(17)15-13(11(16)18-3)7-5-4-6-8-13/h10H,4-9H2,1-3H3,(H2,14,15,17). The van der Waals surface area contributed by atoms with Gasteiger partial charge in [0.1, 0.15) is 5.54 Å². The molecule has 2 amide bonds. The van der Waals surface area contributed by atoms with E-state index in [9.17, 15) is 9.59 Å². The highest BCUT2D eigenvalue weighted by atomic mass is 16.5. The van der Waals surface area contributed by atoms with Gasteiger partial charge < -0.3 is 15.4 Å². The molecule has 1 fully saturated rings. The smallest absolute Gasteiger partial charge is 0.331 e. The summed E-state index contributed by atoms with van der Waals surface area (Å²) in [6.45, 7) is 4.65. The fourth-order valence-electron chi connectivity index (χ4n) is 2.29. The number of methoxy groups -OCH3 is 1. The first kappa shape index (κ1) is 14.8. The van der Waals surface area contributed by atoms with Crippen LogP contribution in [0.1, 0.15) is 46.0 Å². The van der Waals surface area contributed by atoms with Crippen LogP contribution < -0.4 is 10.6 Å².